The monoisotopic (exact) mass is 266 g/mol. The van der Waals surface area contributed by atoms with Gasteiger partial charge in [0.15, 0.2) is 0 Å². The van der Waals surface area contributed by atoms with Gasteiger partial charge in [-0.1, -0.05) is 15.9 Å². The van der Waals surface area contributed by atoms with Crippen molar-refractivity contribution in [2.45, 2.75) is 12.8 Å². The molecule has 1 aromatic carbocycles. The predicted molar refractivity (Wildman–Crippen MR) is 68.0 cm³/mol. The highest BCUT2D eigenvalue weighted by atomic mass is 79.9. The number of nitrogens with two attached hydrogens (primary N) is 1. The van der Waals surface area contributed by atoms with E-state index in [2.05, 4.69) is 51.8 Å². The van der Waals surface area contributed by atoms with E-state index in [4.69, 9.17) is 5.73 Å². The van der Waals surface area contributed by atoms with Gasteiger partial charge in [0.05, 0.1) is 0 Å². The number of benzene rings is 1. The van der Waals surface area contributed by atoms with Crippen LogP contribution in [0.2, 0.25) is 0 Å². The average molecular weight is 267 g/mol. The molecule has 0 aliphatic rings. The average Bonchev–Trinajstić information content (AvgIpc) is 2.52. The fraction of sp³-hybridized carbons (Fsp3) is 0.333. The second-order valence-electron chi connectivity index (χ2n) is 3.79. The fourth-order valence-corrected chi connectivity index (χ4v) is 2.28. The van der Waals surface area contributed by atoms with E-state index in [0.29, 0.717) is 0 Å². The van der Waals surface area contributed by atoms with Gasteiger partial charge in [-0.2, -0.15) is 0 Å². The number of hydrogen-bond donors (Lipinski definition) is 1. The summed E-state index contributed by atoms with van der Waals surface area (Å²) in [5.41, 5.74) is 8.17. The molecular weight excluding hydrogens is 252 g/mol. The van der Waals surface area contributed by atoms with E-state index in [1.54, 1.807) is 0 Å². The van der Waals surface area contributed by atoms with Gasteiger partial charge in [0.1, 0.15) is 0 Å². The largest absolute Gasteiger partial charge is 0.348 e. The molecule has 1 aromatic heterocycles. The first-order chi connectivity index (χ1) is 7.22. The van der Waals surface area contributed by atoms with E-state index >= 15 is 0 Å². The van der Waals surface area contributed by atoms with Crippen molar-refractivity contribution < 1.29 is 0 Å². The highest BCUT2D eigenvalue weighted by Gasteiger charge is 2.05. The number of aromatic nitrogens is 1. The zero-order valence-electron chi connectivity index (χ0n) is 8.83. The second kappa shape index (κ2) is 4.37. The molecule has 3 heteroatoms. The van der Waals surface area contributed by atoms with Crippen LogP contribution in [0.1, 0.15) is 12.1 Å². The van der Waals surface area contributed by atoms with Crippen molar-refractivity contribution in [1.29, 1.82) is 0 Å². The van der Waals surface area contributed by atoms with Crippen LogP contribution in [0, 0.1) is 0 Å². The third kappa shape index (κ3) is 2.08. The van der Waals surface area contributed by atoms with Crippen LogP contribution in [0.25, 0.3) is 10.9 Å². The number of hydrogen-bond acceptors (Lipinski definition) is 1. The number of rotatable bonds is 3. The standard InChI is InChI=1S/C12H15BrN2/c1-15-11(3-2-6-14)8-9-7-10(13)4-5-12(9)15/h4-5,7-8H,2-3,6,14H2,1H3. The molecule has 0 bridgehead atoms. The quantitative estimate of drug-likeness (QED) is 0.910. The summed E-state index contributed by atoms with van der Waals surface area (Å²) >= 11 is 3.49. The van der Waals surface area contributed by atoms with Gasteiger partial charge in [-0.3, -0.25) is 0 Å². The van der Waals surface area contributed by atoms with E-state index in [0.717, 1.165) is 23.9 Å². The molecule has 0 saturated carbocycles. The first-order valence-corrected chi connectivity index (χ1v) is 5.95. The lowest BCUT2D eigenvalue weighted by molar-refractivity contribution is 0.766. The number of fused-ring (bicyclic) bond motifs is 1. The molecular formula is C12H15BrN2. The third-order valence-corrected chi connectivity index (χ3v) is 3.23. The van der Waals surface area contributed by atoms with Crippen molar-refractivity contribution in [2.75, 3.05) is 6.54 Å². The molecule has 2 aromatic rings. The summed E-state index contributed by atoms with van der Waals surface area (Å²) in [6.45, 7) is 0.755. The Morgan fingerprint density at radius 1 is 1.33 bits per heavy atom. The van der Waals surface area contributed by atoms with Crippen LogP contribution in [-0.2, 0) is 13.5 Å². The van der Waals surface area contributed by atoms with E-state index < -0.39 is 0 Å². The van der Waals surface area contributed by atoms with Gasteiger partial charge in [0.25, 0.3) is 0 Å². The maximum Gasteiger partial charge on any atom is 0.0480 e. The van der Waals surface area contributed by atoms with Crippen LogP contribution >= 0.6 is 15.9 Å². The van der Waals surface area contributed by atoms with Crippen molar-refractivity contribution in [2.24, 2.45) is 12.8 Å². The van der Waals surface area contributed by atoms with E-state index in [1.807, 2.05) is 0 Å². The minimum absolute atomic E-state index is 0.755. The van der Waals surface area contributed by atoms with Crippen LogP contribution in [0.5, 0.6) is 0 Å². The van der Waals surface area contributed by atoms with Gasteiger partial charge in [0.2, 0.25) is 0 Å². The van der Waals surface area contributed by atoms with Gasteiger partial charge in [-0.05, 0) is 43.7 Å². The van der Waals surface area contributed by atoms with E-state index in [9.17, 15) is 0 Å². The molecule has 2 N–H and O–H groups in total. The van der Waals surface area contributed by atoms with E-state index in [1.165, 1.54) is 16.6 Å². The summed E-state index contributed by atoms with van der Waals surface area (Å²) in [5, 5.41) is 1.29. The third-order valence-electron chi connectivity index (χ3n) is 2.74. The zero-order valence-corrected chi connectivity index (χ0v) is 10.4. The maximum absolute atomic E-state index is 5.53. The Kier molecular flexibility index (Phi) is 3.12. The molecule has 0 radical (unpaired) electrons. The van der Waals surface area contributed by atoms with Crippen LogP contribution in [-0.4, -0.2) is 11.1 Å². The van der Waals surface area contributed by atoms with Gasteiger partial charge in [-0.25, -0.2) is 0 Å². The van der Waals surface area contributed by atoms with E-state index in [-0.39, 0.29) is 0 Å². The van der Waals surface area contributed by atoms with Crippen LogP contribution in [0.4, 0.5) is 0 Å². The second-order valence-corrected chi connectivity index (χ2v) is 4.71. The highest BCUT2D eigenvalue weighted by Crippen LogP contribution is 2.23. The Morgan fingerprint density at radius 2 is 2.13 bits per heavy atom. The lowest BCUT2D eigenvalue weighted by Crippen LogP contribution is -2.03. The number of aryl methyl sites for hydroxylation is 2. The molecule has 0 unspecified atom stereocenters. The zero-order chi connectivity index (χ0) is 10.8. The molecule has 2 nitrogen and oxygen atoms in total. The van der Waals surface area contributed by atoms with Gasteiger partial charge < -0.3 is 10.3 Å². The lowest BCUT2D eigenvalue weighted by Gasteiger charge is -2.02. The molecule has 0 aliphatic carbocycles. The van der Waals surface area contributed by atoms with Gasteiger partial charge in [0, 0.05) is 28.1 Å². The molecule has 1 heterocycles. The highest BCUT2D eigenvalue weighted by molar-refractivity contribution is 9.10. The van der Waals surface area contributed by atoms with Crippen LogP contribution in [0.15, 0.2) is 28.7 Å². The summed E-state index contributed by atoms with van der Waals surface area (Å²) in [4.78, 5) is 0. The van der Waals surface area contributed by atoms with Gasteiger partial charge in [-0.15, -0.1) is 0 Å². The van der Waals surface area contributed by atoms with Gasteiger partial charge >= 0.3 is 0 Å². The molecule has 0 saturated heterocycles. The molecule has 2 rings (SSSR count). The molecule has 80 valence electrons. The van der Waals surface area contributed by atoms with Crippen molar-refractivity contribution in [3.63, 3.8) is 0 Å². The summed E-state index contributed by atoms with van der Waals surface area (Å²) in [7, 11) is 2.11. The normalized spacial score (nSPS) is 11.1. The molecule has 0 spiro atoms. The molecule has 0 atom stereocenters. The number of halogens is 1. The summed E-state index contributed by atoms with van der Waals surface area (Å²) in [6.07, 6.45) is 2.10. The molecule has 0 amide bonds. The summed E-state index contributed by atoms with van der Waals surface area (Å²) in [6, 6.07) is 8.62. The van der Waals surface area contributed by atoms with Crippen LogP contribution in [0.3, 0.4) is 0 Å². The Labute approximate surface area is 98.2 Å². The van der Waals surface area contributed by atoms with Crippen molar-refractivity contribution in [3.05, 3.63) is 34.4 Å². The first-order valence-electron chi connectivity index (χ1n) is 5.16. The Bertz CT molecular complexity index is 474. The number of nitrogens with zero attached hydrogens (tertiary/aromatic N) is 1. The lowest BCUT2D eigenvalue weighted by atomic mass is 10.2. The Balaban J connectivity index is 2.44. The predicted octanol–water partition coefficient (Wildman–Crippen LogP) is 2.83. The van der Waals surface area contributed by atoms with Crippen molar-refractivity contribution in [1.82, 2.24) is 4.57 Å². The Morgan fingerprint density at radius 3 is 2.87 bits per heavy atom. The SMILES string of the molecule is Cn1c(CCCN)cc2cc(Br)ccc21. The molecule has 0 aliphatic heterocycles. The summed E-state index contributed by atoms with van der Waals surface area (Å²) in [5.74, 6) is 0. The molecule has 0 fully saturated rings. The minimum atomic E-state index is 0.755. The molecule has 15 heavy (non-hydrogen) atoms. The Hall–Kier alpha value is -0.800. The maximum atomic E-state index is 5.53. The first kappa shape index (κ1) is 10.7. The van der Waals surface area contributed by atoms with Crippen molar-refractivity contribution in [3.8, 4) is 0 Å². The topological polar surface area (TPSA) is 30.9 Å². The van der Waals surface area contributed by atoms with Crippen LogP contribution < -0.4 is 5.73 Å². The fourth-order valence-electron chi connectivity index (χ4n) is 1.90. The smallest absolute Gasteiger partial charge is 0.0480 e. The van der Waals surface area contributed by atoms with Crippen molar-refractivity contribution >= 4 is 26.8 Å². The minimum Gasteiger partial charge on any atom is -0.348 e. The summed E-state index contributed by atoms with van der Waals surface area (Å²) < 4.78 is 3.38.